The van der Waals surface area contributed by atoms with Crippen molar-refractivity contribution in [2.24, 2.45) is 0 Å². The Morgan fingerprint density at radius 2 is 1.89 bits per heavy atom. The molecule has 1 atom stereocenters. The largest absolute Gasteiger partial charge is 0.467 e. The fraction of sp³-hybridized carbons (Fsp3) is 0.333. The Balaban J connectivity index is 2.76. The number of nitrogens with one attached hydrogen (secondary N) is 2. The zero-order valence-electron chi connectivity index (χ0n) is 10.5. The minimum absolute atomic E-state index is 0.190. The molecule has 0 heterocycles. The summed E-state index contributed by atoms with van der Waals surface area (Å²) in [7, 11) is 1.15. The van der Waals surface area contributed by atoms with Crippen LogP contribution in [0.25, 0.3) is 0 Å². The Labute approximate surface area is 108 Å². The second kappa shape index (κ2) is 6.67. The predicted octanol–water partition coefficient (Wildman–Crippen LogP) is 1.05. The topological polar surface area (TPSA) is 67.4 Å². The number of carbonyl (C=O) groups is 2. The molecule has 0 saturated heterocycles. The maximum Gasteiger partial charge on any atom is 0.330 e. The number of ether oxygens (including phenoxy) is 1. The SMILES string of the molecule is COC(=O)C(CNc1c(F)cccc1F)NC(C)=O. The van der Waals surface area contributed by atoms with E-state index in [-0.39, 0.29) is 12.2 Å². The van der Waals surface area contributed by atoms with Crippen molar-refractivity contribution in [2.75, 3.05) is 19.0 Å². The lowest BCUT2D eigenvalue weighted by molar-refractivity contribution is -0.144. The molecule has 0 aliphatic carbocycles. The Morgan fingerprint density at radius 1 is 1.32 bits per heavy atom. The van der Waals surface area contributed by atoms with E-state index in [1.807, 2.05) is 0 Å². The molecule has 0 aromatic heterocycles. The summed E-state index contributed by atoms with van der Waals surface area (Å²) in [5.74, 6) is -2.73. The van der Waals surface area contributed by atoms with Gasteiger partial charge in [0.1, 0.15) is 23.4 Å². The molecular weight excluding hydrogens is 258 g/mol. The highest BCUT2D eigenvalue weighted by molar-refractivity contribution is 5.83. The van der Waals surface area contributed by atoms with Gasteiger partial charge in [0.2, 0.25) is 5.91 Å². The number of anilines is 1. The monoisotopic (exact) mass is 272 g/mol. The van der Waals surface area contributed by atoms with E-state index >= 15 is 0 Å². The van der Waals surface area contributed by atoms with Crippen LogP contribution >= 0.6 is 0 Å². The van der Waals surface area contributed by atoms with Crippen LogP contribution in [-0.4, -0.2) is 31.6 Å². The molecular formula is C12H14F2N2O3. The van der Waals surface area contributed by atoms with Gasteiger partial charge in [-0.3, -0.25) is 4.79 Å². The predicted molar refractivity (Wildman–Crippen MR) is 64.5 cm³/mol. The van der Waals surface area contributed by atoms with Gasteiger partial charge in [0.05, 0.1) is 7.11 Å². The van der Waals surface area contributed by atoms with E-state index in [9.17, 15) is 18.4 Å². The van der Waals surface area contributed by atoms with Crippen LogP contribution in [-0.2, 0) is 14.3 Å². The number of amides is 1. The van der Waals surface area contributed by atoms with Crippen molar-refractivity contribution in [2.45, 2.75) is 13.0 Å². The Bertz CT molecular complexity index is 460. The van der Waals surface area contributed by atoms with Gasteiger partial charge in [0.15, 0.2) is 0 Å². The second-order valence-corrected chi connectivity index (χ2v) is 3.75. The van der Waals surface area contributed by atoms with E-state index in [1.165, 1.54) is 13.0 Å². The summed E-state index contributed by atoms with van der Waals surface area (Å²) < 4.78 is 31.2. The number of halogens is 2. The van der Waals surface area contributed by atoms with Gasteiger partial charge < -0.3 is 15.4 Å². The highest BCUT2D eigenvalue weighted by atomic mass is 19.1. The second-order valence-electron chi connectivity index (χ2n) is 3.75. The molecule has 1 amide bonds. The number of benzene rings is 1. The Kier molecular flexibility index (Phi) is 5.23. The fourth-order valence-corrected chi connectivity index (χ4v) is 1.45. The molecule has 7 heteroatoms. The summed E-state index contributed by atoms with van der Waals surface area (Å²) in [4.78, 5) is 22.3. The normalized spacial score (nSPS) is 11.6. The molecule has 1 unspecified atom stereocenters. The summed E-state index contributed by atoms with van der Waals surface area (Å²) in [5.41, 5.74) is -0.359. The van der Waals surface area contributed by atoms with E-state index < -0.39 is 29.6 Å². The first kappa shape index (κ1) is 14.9. The summed E-state index contributed by atoms with van der Waals surface area (Å²) >= 11 is 0. The Morgan fingerprint density at radius 3 is 2.37 bits per heavy atom. The number of para-hydroxylation sites is 1. The molecule has 0 spiro atoms. The zero-order valence-corrected chi connectivity index (χ0v) is 10.5. The van der Waals surface area contributed by atoms with Crippen molar-refractivity contribution in [1.82, 2.24) is 5.32 Å². The van der Waals surface area contributed by atoms with Crippen molar-refractivity contribution < 1.29 is 23.1 Å². The van der Waals surface area contributed by atoms with Crippen molar-refractivity contribution >= 4 is 17.6 Å². The van der Waals surface area contributed by atoms with Crippen LogP contribution in [0.2, 0.25) is 0 Å². The van der Waals surface area contributed by atoms with Crippen LogP contribution in [0, 0.1) is 11.6 Å². The molecule has 1 aromatic carbocycles. The molecule has 1 rings (SSSR count). The maximum absolute atomic E-state index is 13.3. The molecule has 0 fully saturated rings. The average Bonchev–Trinajstić information content (AvgIpc) is 2.35. The summed E-state index contributed by atoms with van der Waals surface area (Å²) in [5, 5.41) is 4.76. The van der Waals surface area contributed by atoms with E-state index in [0.29, 0.717) is 0 Å². The molecule has 0 radical (unpaired) electrons. The highest BCUT2D eigenvalue weighted by Gasteiger charge is 2.21. The smallest absolute Gasteiger partial charge is 0.330 e. The van der Waals surface area contributed by atoms with Crippen LogP contribution in [0.3, 0.4) is 0 Å². The summed E-state index contributed by atoms with van der Waals surface area (Å²) in [6.07, 6.45) is 0. The van der Waals surface area contributed by atoms with Gasteiger partial charge in [-0.1, -0.05) is 6.07 Å². The summed E-state index contributed by atoms with van der Waals surface area (Å²) in [6.45, 7) is 1.03. The molecule has 0 aliphatic heterocycles. The van der Waals surface area contributed by atoms with Gasteiger partial charge >= 0.3 is 5.97 Å². The number of hydrogen-bond donors (Lipinski definition) is 2. The van der Waals surface area contributed by atoms with Crippen molar-refractivity contribution in [1.29, 1.82) is 0 Å². The standard InChI is InChI=1S/C12H14F2N2O3/c1-7(17)16-10(12(18)19-2)6-15-11-8(13)4-3-5-9(11)14/h3-5,10,15H,6H2,1-2H3,(H,16,17). The van der Waals surface area contributed by atoms with Crippen LogP contribution in [0.4, 0.5) is 14.5 Å². The Hall–Kier alpha value is -2.18. The molecule has 1 aromatic rings. The van der Waals surface area contributed by atoms with Crippen LogP contribution in [0.5, 0.6) is 0 Å². The first-order valence-electron chi connectivity index (χ1n) is 5.48. The van der Waals surface area contributed by atoms with E-state index in [2.05, 4.69) is 15.4 Å². The first-order valence-corrected chi connectivity index (χ1v) is 5.48. The minimum atomic E-state index is -1.03. The van der Waals surface area contributed by atoms with Crippen molar-refractivity contribution in [3.63, 3.8) is 0 Å². The molecule has 19 heavy (non-hydrogen) atoms. The lowest BCUT2D eigenvalue weighted by Gasteiger charge is -2.17. The fourth-order valence-electron chi connectivity index (χ4n) is 1.45. The first-order chi connectivity index (χ1) is 8.95. The van der Waals surface area contributed by atoms with Crippen molar-refractivity contribution in [3.05, 3.63) is 29.8 Å². The van der Waals surface area contributed by atoms with Gasteiger partial charge in [-0.15, -0.1) is 0 Å². The van der Waals surface area contributed by atoms with Gasteiger partial charge in [0.25, 0.3) is 0 Å². The van der Waals surface area contributed by atoms with Gasteiger partial charge in [-0.05, 0) is 12.1 Å². The van der Waals surface area contributed by atoms with E-state index in [4.69, 9.17) is 0 Å². The van der Waals surface area contributed by atoms with Gasteiger partial charge in [-0.2, -0.15) is 0 Å². The summed E-state index contributed by atoms with van der Waals surface area (Å²) in [6, 6.07) is 2.36. The number of rotatable bonds is 5. The number of methoxy groups -OCH3 is 1. The highest BCUT2D eigenvalue weighted by Crippen LogP contribution is 2.17. The third-order valence-corrected chi connectivity index (χ3v) is 2.31. The average molecular weight is 272 g/mol. The molecule has 0 aliphatic rings. The van der Waals surface area contributed by atoms with E-state index in [1.54, 1.807) is 0 Å². The number of esters is 1. The quantitative estimate of drug-likeness (QED) is 0.786. The third-order valence-electron chi connectivity index (χ3n) is 2.31. The molecule has 104 valence electrons. The lowest BCUT2D eigenvalue weighted by Crippen LogP contribution is -2.45. The molecule has 2 N–H and O–H groups in total. The molecule has 5 nitrogen and oxygen atoms in total. The number of hydrogen-bond acceptors (Lipinski definition) is 4. The molecule has 0 bridgehead atoms. The van der Waals surface area contributed by atoms with Crippen LogP contribution in [0.1, 0.15) is 6.92 Å². The van der Waals surface area contributed by atoms with Crippen molar-refractivity contribution in [3.8, 4) is 0 Å². The van der Waals surface area contributed by atoms with E-state index in [0.717, 1.165) is 19.2 Å². The van der Waals surface area contributed by atoms with Gasteiger partial charge in [0, 0.05) is 13.5 Å². The minimum Gasteiger partial charge on any atom is -0.467 e. The third kappa shape index (κ3) is 4.20. The molecule has 0 saturated carbocycles. The van der Waals surface area contributed by atoms with Gasteiger partial charge in [-0.25, -0.2) is 13.6 Å². The zero-order chi connectivity index (χ0) is 14.4. The van der Waals surface area contributed by atoms with Crippen LogP contribution < -0.4 is 10.6 Å². The maximum atomic E-state index is 13.3. The number of carbonyl (C=O) groups excluding carboxylic acids is 2. The lowest BCUT2D eigenvalue weighted by atomic mass is 10.2. The van der Waals surface area contributed by atoms with Crippen LogP contribution in [0.15, 0.2) is 18.2 Å².